The fourth-order valence-electron chi connectivity index (χ4n) is 4.71. The smallest absolute Gasteiger partial charge is 0.250 e. The Balaban J connectivity index is 1.22. The predicted octanol–water partition coefficient (Wildman–Crippen LogP) is 4.17. The maximum Gasteiger partial charge on any atom is 0.250 e. The minimum Gasteiger partial charge on any atom is -0.339 e. The summed E-state index contributed by atoms with van der Waals surface area (Å²) in [5.41, 5.74) is 4.45. The van der Waals surface area contributed by atoms with Crippen LogP contribution in [0, 0.1) is 5.41 Å². The molecule has 4 heterocycles. The Morgan fingerprint density at radius 1 is 1.22 bits per heavy atom. The predicted molar refractivity (Wildman–Crippen MR) is 118 cm³/mol. The Hall–Kier alpha value is -2.94. The monoisotopic (exact) mass is 456 g/mol. The van der Waals surface area contributed by atoms with Crippen LogP contribution >= 0.6 is 11.3 Å². The molecule has 1 spiro atoms. The molecule has 0 aromatic carbocycles. The van der Waals surface area contributed by atoms with Crippen molar-refractivity contribution in [3.05, 3.63) is 51.6 Å². The summed E-state index contributed by atoms with van der Waals surface area (Å²) in [7, 11) is 0. The number of fused-ring (bicyclic) bond motifs is 1. The first-order chi connectivity index (χ1) is 15.3. The van der Waals surface area contributed by atoms with Crippen molar-refractivity contribution in [3.63, 3.8) is 0 Å². The molecular weight excluding hydrogens is 434 g/mol. The van der Waals surface area contributed by atoms with Gasteiger partial charge in [-0.05, 0) is 48.6 Å². The number of aromatic nitrogens is 2. The van der Waals surface area contributed by atoms with E-state index in [1.807, 2.05) is 16.3 Å². The second-order valence-electron chi connectivity index (χ2n) is 8.77. The Bertz CT molecular complexity index is 1110. The molecule has 2 fully saturated rings. The second kappa shape index (κ2) is 7.88. The zero-order valence-corrected chi connectivity index (χ0v) is 18.1. The summed E-state index contributed by atoms with van der Waals surface area (Å²) in [6, 6.07) is 1.81. The number of amides is 2. The minimum atomic E-state index is -2.78. The summed E-state index contributed by atoms with van der Waals surface area (Å²) >= 11 is 1.56. The highest BCUT2D eigenvalue weighted by molar-refractivity contribution is 7.07. The molecule has 5 rings (SSSR count). The topological polar surface area (TPSA) is 75.2 Å². The van der Waals surface area contributed by atoms with Crippen LogP contribution in [0.3, 0.4) is 0 Å². The van der Waals surface area contributed by atoms with Gasteiger partial charge in [0.25, 0.3) is 0 Å². The minimum absolute atomic E-state index is 0.0705. The van der Waals surface area contributed by atoms with Crippen molar-refractivity contribution in [1.82, 2.24) is 14.9 Å². The summed E-state index contributed by atoms with van der Waals surface area (Å²) < 4.78 is 26.9. The SMILES string of the molecule is O=C(/C=C/c1cnc2c(c1)CC1(CC(F)(F)C1)C(=O)N2)N1CCC(=Cc2cscn2)CC1. The largest absolute Gasteiger partial charge is 0.339 e. The lowest BCUT2D eigenvalue weighted by atomic mass is 9.61. The summed E-state index contributed by atoms with van der Waals surface area (Å²) in [5.74, 6) is -2.82. The van der Waals surface area contributed by atoms with Crippen molar-refractivity contribution >= 4 is 41.1 Å². The van der Waals surface area contributed by atoms with Crippen molar-refractivity contribution in [2.45, 2.75) is 38.0 Å². The van der Waals surface area contributed by atoms with E-state index in [1.54, 1.807) is 29.1 Å². The third kappa shape index (κ3) is 4.09. The van der Waals surface area contributed by atoms with Crippen LogP contribution in [-0.4, -0.2) is 45.7 Å². The maximum absolute atomic E-state index is 13.4. The zero-order chi connectivity index (χ0) is 22.3. The van der Waals surface area contributed by atoms with Gasteiger partial charge in [0.15, 0.2) is 0 Å². The molecule has 9 heteroatoms. The summed E-state index contributed by atoms with van der Waals surface area (Å²) in [6.07, 6.45) is 7.90. The van der Waals surface area contributed by atoms with E-state index in [2.05, 4.69) is 21.4 Å². The van der Waals surface area contributed by atoms with Crippen LogP contribution < -0.4 is 5.32 Å². The average molecular weight is 457 g/mol. The number of nitrogens with zero attached hydrogens (tertiary/aromatic N) is 3. The number of hydrogen-bond donors (Lipinski definition) is 1. The third-order valence-corrected chi connectivity index (χ3v) is 6.97. The number of thiazole rings is 1. The number of piperidine rings is 1. The number of halogens is 2. The number of rotatable bonds is 3. The standard InChI is InChI=1S/C23H22F2N4O2S/c24-23(25)12-22(13-23)9-17-7-16(10-26-20(17)28-21(22)31)1-2-19(30)29-5-3-15(4-6-29)8-18-11-32-14-27-18/h1-2,7-8,10-11,14H,3-6,9,12-13H2,(H,26,28,31)/b2-1+. The summed E-state index contributed by atoms with van der Waals surface area (Å²) in [6.45, 7) is 1.31. The molecular formula is C23H22F2N4O2S. The van der Waals surface area contributed by atoms with E-state index in [0.717, 1.165) is 24.1 Å². The number of alkyl halides is 2. The number of carbonyl (C=O) groups excluding carboxylic acids is 2. The molecule has 0 atom stereocenters. The molecule has 2 amide bonds. The second-order valence-corrected chi connectivity index (χ2v) is 9.49. The normalized spacial score (nSPS) is 21.2. The van der Waals surface area contributed by atoms with Crippen molar-refractivity contribution in [2.24, 2.45) is 5.41 Å². The van der Waals surface area contributed by atoms with Gasteiger partial charge < -0.3 is 10.2 Å². The first-order valence-corrected chi connectivity index (χ1v) is 11.5. The van der Waals surface area contributed by atoms with Crippen molar-refractivity contribution in [2.75, 3.05) is 18.4 Å². The zero-order valence-electron chi connectivity index (χ0n) is 17.3. The molecule has 0 bridgehead atoms. The van der Waals surface area contributed by atoms with Gasteiger partial charge in [-0.25, -0.2) is 18.7 Å². The molecule has 3 aliphatic rings. The number of anilines is 1. The van der Waals surface area contributed by atoms with E-state index in [0.29, 0.717) is 24.5 Å². The molecule has 1 saturated heterocycles. The lowest BCUT2D eigenvalue weighted by Gasteiger charge is -2.48. The highest BCUT2D eigenvalue weighted by atomic mass is 32.1. The van der Waals surface area contributed by atoms with Crippen LogP contribution in [-0.2, 0) is 16.0 Å². The molecule has 0 unspecified atom stereocenters. The van der Waals surface area contributed by atoms with Gasteiger partial charge in [-0.3, -0.25) is 9.59 Å². The molecule has 0 radical (unpaired) electrons. The summed E-state index contributed by atoms with van der Waals surface area (Å²) in [5, 5.41) is 4.67. The Labute approximate surface area is 188 Å². The highest BCUT2D eigenvalue weighted by Crippen LogP contribution is 2.56. The quantitative estimate of drug-likeness (QED) is 0.704. The van der Waals surface area contributed by atoms with E-state index in [1.165, 1.54) is 11.6 Å². The molecule has 6 nitrogen and oxygen atoms in total. The molecule has 1 saturated carbocycles. The Morgan fingerprint density at radius 3 is 2.69 bits per heavy atom. The van der Waals surface area contributed by atoms with Gasteiger partial charge >= 0.3 is 0 Å². The van der Waals surface area contributed by atoms with E-state index < -0.39 is 24.2 Å². The van der Waals surface area contributed by atoms with Crippen molar-refractivity contribution in [3.8, 4) is 0 Å². The first kappa shape index (κ1) is 20.9. The van der Waals surface area contributed by atoms with Crippen LogP contribution in [0.15, 0.2) is 34.8 Å². The number of pyridine rings is 1. The van der Waals surface area contributed by atoms with Crippen LogP contribution in [0.25, 0.3) is 12.2 Å². The van der Waals surface area contributed by atoms with Gasteiger partial charge in [0, 0.05) is 43.6 Å². The number of hydrogen-bond acceptors (Lipinski definition) is 5. The molecule has 166 valence electrons. The van der Waals surface area contributed by atoms with E-state index in [9.17, 15) is 18.4 Å². The first-order valence-electron chi connectivity index (χ1n) is 10.5. The van der Waals surface area contributed by atoms with E-state index >= 15 is 0 Å². The van der Waals surface area contributed by atoms with Crippen molar-refractivity contribution in [1.29, 1.82) is 0 Å². The fourth-order valence-corrected chi connectivity index (χ4v) is 5.22. The summed E-state index contributed by atoms with van der Waals surface area (Å²) in [4.78, 5) is 35.2. The number of nitrogens with one attached hydrogen (secondary N) is 1. The van der Waals surface area contributed by atoms with Crippen LogP contribution in [0.1, 0.15) is 42.5 Å². The Morgan fingerprint density at radius 2 is 2.00 bits per heavy atom. The molecule has 2 aromatic rings. The van der Waals surface area contributed by atoms with Gasteiger partial charge in [-0.1, -0.05) is 5.57 Å². The van der Waals surface area contributed by atoms with Crippen LogP contribution in [0.2, 0.25) is 0 Å². The maximum atomic E-state index is 13.4. The van der Waals surface area contributed by atoms with Crippen molar-refractivity contribution < 1.29 is 18.4 Å². The number of likely N-dealkylation sites (tertiary alicyclic amines) is 1. The molecule has 1 N–H and O–H groups in total. The van der Waals surface area contributed by atoms with Crippen LogP contribution in [0.5, 0.6) is 0 Å². The fraction of sp³-hybridized carbons (Fsp3) is 0.391. The van der Waals surface area contributed by atoms with Crippen LogP contribution in [0.4, 0.5) is 14.6 Å². The molecule has 2 aromatic heterocycles. The third-order valence-electron chi connectivity index (χ3n) is 6.36. The molecule has 2 aliphatic heterocycles. The van der Waals surface area contributed by atoms with Gasteiger partial charge in [-0.2, -0.15) is 0 Å². The molecule has 1 aliphatic carbocycles. The van der Waals surface area contributed by atoms with E-state index in [4.69, 9.17) is 0 Å². The lowest BCUT2D eigenvalue weighted by molar-refractivity contribution is -0.175. The average Bonchev–Trinajstić information content (AvgIpc) is 3.25. The van der Waals surface area contributed by atoms with E-state index in [-0.39, 0.29) is 18.2 Å². The van der Waals surface area contributed by atoms with Gasteiger partial charge in [0.05, 0.1) is 16.6 Å². The Kier molecular flexibility index (Phi) is 5.16. The van der Waals surface area contributed by atoms with Gasteiger partial charge in [0.1, 0.15) is 5.82 Å². The van der Waals surface area contributed by atoms with Gasteiger partial charge in [0.2, 0.25) is 17.7 Å². The highest BCUT2D eigenvalue weighted by Gasteiger charge is 2.61. The lowest BCUT2D eigenvalue weighted by Crippen LogP contribution is -2.56. The molecule has 32 heavy (non-hydrogen) atoms. The van der Waals surface area contributed by atoms with Gasteiger partial charge in [-0.15, -0.1) is 11.3 Å². The number of carbonyl (C=O) groups is 2.